The van der Waals surface area contributed by atoms with Gasteiger partial charge in [-0.15, -0.1) is 0 Å². The normalized spacial score (nSPS) is 12.9. The first-order chi connectivity index (χ1) is 34.7. The average molecular weight is 1000 g/mol. The summed E-state index contributed by atoms with van der Waals surface area (Å²) in [5.74, 6) is 1.79. The fourth-order valence-corrected chi connectivity index (χ4v) is 10.00. The van der Waals surface area contributed by atoms with Gasteiger partial charge in [0.2, 0.25) is 0 Å². The summed E-state index contributed by atoms with van der Waals surface area (Å²) in [5.41, 5.74) is 0. The highest BCUT2D eigenvalue weighted by Gasteiger charge is 2.19. The standard InChI is InChI=1S/C65H126O6/c1-7-60(5)52-46-40-34-28-22-18-13-11-9-10-12-14-19-23-30-36-42-48-54-63(66)69-57-62(58-70-64(67)55-49-43-37-31-26-25-29-35-41-47-53-61(6)8-2)71-65(68)56-50-44-38-32-24-20-16-15-17-21-27-33-39-45-51-59(3)4/h59-62H,7-58H2,1-6H3/t60?,61?,62-/m0/s1. The Balaban J connectivity index is 4.26. The molecule has 6 heteroatoms. The molecule has 0 bridgehead atoms. The quantitative estimate of drug-likeness (QED) is 0.0343. The lowest BCUT2D eigenvalue weighted by Gasteiger charge is -2.18. The molecule has 422 valence electrons. The Kier molecular flexibility index (Phi) is 54.9. The van der Waals surface area contributed by atoms with Gasteiger partial charge in [-0.2, -0.15) is 0 Å². The van der Waals surface area contributed by atoms with Crippen LogP contribution in [0.5, 0.6) is 0 Å². The second-order valence-corrected chi connectivity index (χ2v) is 23.4. The molecule has 0 rings (SSSR count). The van der Waals surface area contributed by atoms with Crippen LogP contribution in [0.15, 0.2) is 0 Å². The minimum atomic E-state index is -0.765. The highest BCUT2D eigenvalue weighted by Crippen LogP contribution is 2.20. The fraction of sp³-hybridized carbons (Fsp3) is 0.954. The highest BCUT2D eigenvalue weighted by atomic mass is 16.6. The molecule has 0 aliphatic heterocycles. The number of carbonyl (C=O) groups excluding carboxylic acids is 3. The van der Waals surface area contributed by atoms with E-state index in [0.717, 1.165) is 75.5 Å². The maximum atomic E-state index is 12.9. The van der Waals surface area contributed by atoms with Crippen LogP contribution in [0.4, 0.5) is 0 Å². The number of hydrogen-bond acceptors (Lipinski definition) is 6. The van der Waals surface area contributed by atoms with Crippen molar-refractivity contribution >= 4 is 17.9 Å². The molecule has 0 amide bonds. The maximum absolute atomic E-state index is 12.9. The minimum absolute atomic E-state index is 0.0627. The van der Waals surface area contributed by atoms with Gasteiger partial charge in [-0.05, 0) is 37.0 Å². The van der Waals surface area contributed by atoms with Gasteiger partial charge in [-0.25, -0.2) is 0 Å². The molecule has 0 fully saturated rings. The SMILES string of the molecule is CCC(C)CCCCCCCCCCCCCCCCCCCCC(=O)OC[C@@H](COC(=O)CCCCCCCCCCCCC(C)CC)OC(=O)CCCCCCCCCCCCCCCCC(C)C. The van der Waals surface area contributed by atoms with Crippen LogP contribution in [0, 0.1) is 17.8 Å². The van der Waals surface area contributed by atoms with Crippen LogP contribution in [0.1, 0.15) is 363 Å². The summed E-state index contributed by atoms with van der Waals surface area (Å²) in [6.07, 6.45) is 60.9. The molecule has 0 aromatic heterocycles. The lowest BCUT2D eigenvalue weighted by Crippen LogP contribution is -2.30. The molecule has 0 saturated carbocycles. The van der Waals surface area contributed by atoms with Crippen LogP contribution in [-0.2, 0) is 28.6 Å². The third-order valence-electron chi connectivity index (χ3n) is 15.6. The first-order valence-corrected chi connectivity index (χ1v) is 32.2. The predicted molar refractivity (Wildman–Crippen MR) is 307 cm³/mol. The second-order valence-electron chi connectivity index (χ2n) is 23.4. The summed E-state index contributed by atoms with van der Waals surface area (Å²) in [7, 11) is 0. The lowest BCUT2D eigenvalue weighted by atomic mass is 9.99. The van der Waals surface area contributed by atoms with Gasteiger partial charge in [0.1, 0.15) is 13.2 Å². The molecule has 71 heavy (non-hydrogen) atoms. The molecule has 3 atom stereocenters. The fourth-order valence-electron chi connectivity index (χ4n) is 10.00. The topological polar surface area (TPSA) is 78.9 Å². The first kappa shape index (κ1) is 69.4. The Bertz CT molecular complexity index is 1110. The maximum Gasteiger partial charge on any atom is 0.306 e. The molecule has 0 aliphatic rings. The van der Waals surface area contributed by atoms with Gasteiger partial charge in [0.15, 0.2) is 6.10 Å². The average Bonchev–Trinajstić information content (AvgIpc) is 3.36. The van der Waals surface area contributed by atoms with Crippen molar-refractivity contribution in [3.8, 4) is 0 Å². The van der Waals surface area contributed by atoms with Crippen molar-refractivity contribution < 1.29 is 28.6 Å². The smallest absolute Gasteiger partial charge is 0.306 e. The highest BCUT2D eigenvalue weighted by molar-refractivity contribution is 5.71. The molecular formula is C65H126O6. The Morgan fingerprint density at radius 1 is 0.282 bits per heavy atom. The van der Waals surface area contributed by atoms with E-state index in [1.54, 1.807) is 0 Å². The van der Waals surface area contributed by atoms with E-state index in [4.69, 9.17) is 14.2 Å². The van der Waals surface area contributed by atoms with Crippen LogP contribution < -0.4 is 0 Å². The monoisotopic (exact) mass is 1000 g/mol. The van der Waals surface area contributed by atoms with E-state index in [1.807, 2.05) is 0 Å². The van der Waals surface area contributed by atoms with E-state index in [2.05, 4.69) is 41.5 Å². The Hall–Kier alpha value is -1.59. The molecule has 0 saturated heterocycles. The zero-order chi connectivity index (χ0) is 51.9. The molecule has 0 N–H and O–H groups in total. The summed E-state index contributed by atoms with van der Waals surface area (Å²) >= 11 is 0. The van der Waals surface area contributed by atoms with Crippen LogP contribution >= 0.6 is 0 Å². The number of rotatable bonds is 58. The van der Waals surface area contributed by atoms with Crippen LogP contribution in [-0.4, -0.2) is 37.2 Å². The van der Waals surface area contributed by atoms with Crippen LogP contribution in [0.2, 0.25) is 0 Å². The Labute approximate surface area is 444 Å². The first-order valence-electron chi connectivity index (χ1n) is 32.2. The number of ether oxygens (including phenoxy) is 3. The molecule has 6 nitrogen and oxygen atoms in total. The summed E-state index contributed by atoms with van der Waals surface area (Å²) in [5, 5.41) is 0. The third-order valence-corrected chi connectivity index (χ3v) is 15.6. The lowest BCUT2D eigenvalue weighted by molar-refractivity contribution is -0.167. The van der Waals surface area contributed by atoms with Gasteiger partial charge >= 0.3 is 17.9 Å². The minimum Gasteiger partial charge on any atom is -0.462 e. The van der Waals surface area contributed by atoms with Crippen molar-refractivity contribution in [1.82, 2.24) is 0 Å². The van der Waals surface area contributed by atoms with Gasteiger partial charge in [-0.1, -0.05) is 324 Å². The number of esters is 3. The summed E-state index contributed by atoms with van der Waals surface area (Å²) in [6, 6.07) is 0. The van der Waals surface area contributed by atoms with E-state index in [-0.39, 0.29) is 31.1 Å². The van der Waals surface area contributed by atoms with Crippen molar-refractivity contribution in [1.29, 1.82) is 0 Å². The van der Waals surface area contributed by atoms with Gasteiger partial charge in [-0.3, -0.25) is 14.4 Å². The Morgan fingerprint density at radius 2 is 0.493 bits per heavy atom. The number of unbranched alkanes of at least 4 members (excludes halogenated alkanes) is 39. The zero-order valence-electron chi connectivity index (χ0n) is 49.0. The van der Waals surface area contributed by atoms with E-state index >= 15 is 0 Å². The van der Waals surface area contributed by atoms with E-state index < -0.39 is 6.10 Å². The van der Waals surface area contributed by atoms with Crippen molar-refractivity contribution in [2.75, 3.05) is 13.2 Å². The van der Waals surface area contributed by atoms with Gasteiger partial charge < -0.3 is 14.2 Å². The van der Waals surface area contributed by atoms with Gasteiger partial charge in [0, 0.05) is 19.3 Å². The molecule has 0 aliphatic carbocycles. The molecule has 0 heterocycles. The summed E-state index contributed by atoms with van der Waals surface area (Å²) in [6.45, 7) is 13.9. The van der Waals surface area contributed by atoms with Crippen LogP contribution in [0.25, 0.3) is 0 Å². The summed E-state index contributed by atoms with van der Waals surface area (Å²) in [4.78, 5) is 38.3. The van der Waals surface area contributed by atoms with Gasteiger partial charge in [0.05, 0.1) is 0 Å². The van der Waals surface area contributed by atoms with E-state index in [1.165, 1.54) is 244 Å². The predicted octanol–water partition coefficient (Wildman–Crippen LogP) is 21.5. The number of hydrogen-bond donors (Lipinski definition) is 0. The molecule has 0 radical (unpaired) electrons. The molecule has 0 spiro atoms. The van der Waals surface area contributed by atoms with E-state index in [9.17, 15) is 14.4 Å². The van der Waals surface area contributed by atoms with Crippen molar-refractivity contribution in [3.63, 3.8) is 0 Å². The number of carbonyl (C=O) groups is 3. The van der Waals surface area contributed by atoms with Crippen LogP contribution in [0.3, 0.4) is 0 Å². The molecule has 0 aromatic rings. The van der Waals surface area contributed by atoms with Gasteiger partial charge in [0.25, 0.3) is 0 Å². The molecular weight excluding hydrogens is 877 g/mol. The molecule has 0 aromatic carbocycles. The van der Waals surface area contributed by atoms with Crippen molar-refractivity contribution in [3.05, 3.63) is 0 Å². The second kappa shape index (κ2) is 56.1. The Morgan fingerprint density at radius 3 is 0.732 bits per heavy atom. The zero-order valence-corrected chi connectivity index (χ0v) is 49.0. The summed E-state index contributed by atoms with van der Waals surface area (Å²) < 4.78 is 17.0. The van der Waals surface area contributed by atoms with Crippen molar-refractivity contribution in [2.24, 2.45) is 17.8 Å². The van der Waals surface area contributed by atoms with Crippen molar-refractivity contribution in [2.45, 2.75) is 369 Å². The van der Waals surface area contributed by atoms with E-state index in [0.29, 0.717) is 19.3 Å². The largest absolute Gasteiger partial charge is 0.462 e. The third kappa shape index (κ3) is 56.0. The molecule has 2 unspecified atom stereocenters.